The van der Waals surface area contributed by atoms with E-state index in [2.05, 4.69) is 5.32 Å². The number of hydrogen-bond donors (Lipinski definition) is 2. The molecule has 0 fully saturated rings. The average molecular weight is 254 g/mol. The van der Waals surface area contributed by atoms with E-state index in [1.165, 1.54) is 0 Å². The number of benzene rings is 2. The molecule has 0 bridgehead atoms. The van der Waals surface area contributed by atoms with Crippen molar-refractivity contribution in [1.82, 2.24) is 0 Å². The highest BCUT2D eigenvalue weighted by molar-refractivity contribution is 6.05. The molecule has 0 saturated heterocycles. The molecule has 96 valence electrons. The Hall–Kier alpha value is -2.62. The molecule has 0 heterocycles. The first kappa shape index (κ1) is 12.8. The average Bonchev–Trinajstić information content (AvgIpc) is 2.39. The van der Waals surface area contributed by atoms with E-state index < -0.39 is 5.91 Å². The zero-order valence-electron chi connectivity index (χ0n) is 10.5. The maximum absolute atomic E-state index is 12.1. The van der Waals surface area contributed by atoms with Gasteiger partial charge in [0.05, 0.1) is 0 Å². The van der Waals surface area contributed by atoms with Gasteiger partial charge in [0, 0.05) is 16.8 Å². The second-order valence-electron chi connectivity index (χ2n) is 4.21. The first-order valence-corrected chi connectivity index (χ1v) is 5.85. The molecule has 2 aromatic rings. The van der Waals surface area contributed by atoms with Crippen LogP contribution in [0.3, 0.4) is 0 Å². The highest BCUT2D eigenvalue weighted by Gasteiger charge is 2.08. The smallest absolute Gasteiger partial charge is 0.255 e. The van der Waals surface area contributed by atoms with Crippen LogP contribution in [0.25, 0.3) is 0 Å². The van der Waals surface area contributed by atoms with Gasteiger partial charge in [0.2, 0.25) is 5.91 Å². The Morgan fingerprint density at radius 1 is 1.00 bits per heavy atom. The van der Waals surface area contributed by atoms with Gasteiger partial charge in [-0.25, -0.2) is 0 Å². The lowest BCUT2D eigenvalue weighted by Gasteiger charge is -2.07. The van der Waals surface area contributed by atoms with Crippen LogP contribution in [-0.4, -0.2) is 11.8 Å². The van der Waals surface area contributed by atoms with Crippen molar-refractivity contribution in [3.05, 3.63) is 65.2 Å². The number of carbonyl (C=O) groups excluding carboxylic acids is 2. The van der Waals surface area contributed by atoms with E-state index in [4.69, 9.17) is 5.73 Å². The molecule has 19 heavy (non-hydrogen) atoms. The van der Waals surface area contributed by atoms with E-state index in [0.29, 0.717) is 16.8 Å². The Morgan fingerprint density at radius 2 is 1.63 bits per heavy atom. The zero-order valence-corrected chi connectivity index (χ0v) is 10.5. The SMILES string of the molecule is Cc1ccccc1C(=O)Nc1ccc(C(N)=O)cc1. The predicted octanol–water partition coefficient (Wildman–Crippen LogP) is 2.35. The molecule has 0 spiro atoms. The molecule has 0 aliphatic heterocycles. The first-order valence-electron chi connectivity index (χ1n) is 5.85. The van der Waals surface area contributed by atoms with Crippen molar-refractivity contribution >= 4 is 17.5 Å². The Kier molecular flexibility index (Phi) is 3.61. The quantitative estimate of drug-likeness (QED) is 0.882. The maximum Gasteiger partial charge on any atom is 0.255 e. The van der Waals surface area contributed by atoms with Crippen molar-refractivity contribution in [3.63, 3.8) is 0 Å². The van der Waals surface area contributed by atoms with E-state index in [1.807, 2.05) is 25.1 Å². The third kappa shape index (κ3) is 2.98. The van der Waals surface area contributed by atoms with Crippen LogP contribution in [0.1, 0.15) is 26.3 Å². The van der Waals surface area contributed by atoms with Gasteiger partial charge >= 0.3 is 0 Å². The number of nitrogens with two attached hydrogens (primary N) is 1. The van der Waals surface area contributed by atoms with Gasteiger partial charge in [-0.2, -0.15) is 0 Å². The molecule has 0 aliphatic carbocycles. The second kappa shape index (κ2) is 5.35. The number of carbonyl (C=O) groups is 2. The molecule has 0 aromatic heterocycles. The van der Waals surface area contributed by atoms with Crippen molar-refractivity contribution in [3.8, 4) is 0 Å². The van der Waals surface area contributed by atoms with Crippen molar-refractivity contribution in [2.24, 2.45) is 5.73 Å². The number of anilines is 1. The molecular formula is C15H14N2O2. The van der Waals surface area contributed by atoms with E-state index in [0.717, 1.165) is 5.56 Å². The number of primary amides is 1. The van der Waals surface area contributed by atoms with E-state index >= 15 is 0 Å². The normalized spacial score (nSPS) is 9.95. The number of amides is 2. The number of rotatable bonds is 3. The molecule has 4 nitrogen and oxygen atoms in total. The first-order chi connectivity index (χ1) is 9.08. The second-order valence-corrected chi connectivity index (χ2v) is 4.21. The molecule has 3 N–H and O–H groups in total. The minimum Gasteiger partial charge on any atom is -0.366 e. The summed E-state index contributed by atoms with van der Waals surface area (Å²) in [6, 6.07) is 13.8. The topological polar surface area (TPSA) is 72.2 Å². The van der Waals surface area contributed by atoms with Gasteiger partial charge in [0.25, 0.3) is 5.91 Å². The molecule has 0 aliphatic rings. The third-order valence-electron chi connectivity index (χ3n) is 2.82. The van der Waals surface area contributed by atoms with Crippen LogP contribution in [-0.2, 0) is 0 Å². The fraction of sp³-hybridized carbons (Fsp3) is 0.0667. The molecule has 2 rings (SSSR count). The van der Waals surface area contributed by atoms with Crippen molar-refractivity contribution in [1.29, 1.82) is 0 Å². The predicted molar refractivity (Wildman–Crippen MR) is 74.1 cm³/mol. The summed E-state index contributed by atoms with van der Waals surface area (Å²) in [7, 11) is 0. The van der Waals surface area contributed by atoms with Crippen LogP contribution in [0.5, 0.6) is 0 Å². The fourth-order valence-corrected chi connectivity index (χ4v) is 1.74. The molecular weight excluding hydrogens is 240 g/mol. The maximum atomic E-state index is 12.1. The lowest BCUT2D eigenvalue weighted by atomic mass is 10.1. The molecule has 2 amide bonds. The van der Waals surface area contributed by atoms with Crippen molar-refractivity contribution < 1.29 is 9.59 Å². The summed E-state index contributed by atoms with van der Waals surface area (Å²) in [5, 5.41) is 2.77. The monoisotopic (exact) mass is 254 g/mol. The number of hydrogen-bond acceptors (Lipinski definition) is 2. The summed E-state index contributed by atoms with van der Waals surface area (Å²) in [5.41, 5.74) is 7.72. The summed E-state index contributed by atoms with van der Waals surface area (Å²) in [5.74, 6) is -0.665. The summed E-state index contributed by atoms with van der Waals surface area (Å²) in [6.07, 6.45) is 0. The summed E-state index contributed by atoms with van der Waals surface area (Å²) in [4.78, 5) is 23.0. The molecule has 4 heteroatoms. The van der Waals surface area contributed by atoms with Crippen LogP contribution in [0.15, 0.2) is 48.5 Å². The molecule has 2 aromatic carbocycles. The van der Waals surface area contributed by atoms with Crippen molar-refractivity contribution in [2.75, 3.05) is 5.32 Å². The van der Waals surface area contributed by atoms with Crippen LogP contribution < -0.4 is 11.1 Å². The third-order valence-corrected chi connectivity index (χ3v) is 2.82. The number of nitrogens with one attached hydrogen (secondary N) is 1. The summed E-state index contributed by atoms with van der Waals surface area (Å²) in [6.45, 7) is 1.88. The Balaban J connectivity index is 2.15. The Morgan fingerprint density at radius 3 is 2.21 bits per heavy atom. The van der Waals surface area contributed by atoms with Gasteiger partial charge in [0.15, 0.2) is 0 Å². The lowest BCUT2D eigenvalue weighted by molar-refractivity contribution is 0.0998. The highest BCUT2D eigenvalue weighted by atomic mass is 16.2. The van der Waals surface area contributed by atoms with Crippen LogP contribution in [0.4, 0.5) is 5.69 Å². The van der Waals surface area contributed by atoms with E-state index in [9.17, 15) is 9.59 Å². The van der Waals surface area contributed by atoms with Crippen LogP contribution >= 0.6 is 0 Å². The summed E-state index contributed by atoms with van der Waals surface area (Å²) >= 11 is 0. The molecule has 0 unspecified atom stereocenters. The zero-order chi connectivity index (χ0) is 13.8. The van der Waals surface area contributed by atoms with Crippen LogP contribution in [0, 0.1) is 6.92 Å². The fourth-order valence-electron chi connectivity index (χ4n) is 1.74. The molecule has 0 saturated carbocycles. The molecule has 0 atom stereocenters. The summed E-state index contributed by atoms with van der Waals surface area (Å²) < 4.78 is 0. The minimum atomic E-state index is -0.489. The van der Waals surface area contributed by atoms with Gasteiger partial charge in [-0.1, -0.05) is 18.2 Å². The van der Waals surface area contributed by atoms with Gasteiger partial charge in [-0.3, -0.25) is 9.59 Å². The van der Waals surface area contributed by atoms with Gasteiger partial charge < -0.3 is 11.1 Å². The lowest BCUT2D eigenvalue weighted by Crippen LogP contribution is -2.14. The minimum absolute atomic E-state index is 0.176. The van der Waals surface area contributed by atoms with Crippen molar-refractivity contribution in [2.45, 2.75) is 6.92 Å². The van der Waals surface area contributed by atoms with Gasteiger partial charge in [0.1, 0.15) is 0 Å². The van der Waals surface area contributed by atoms with Gasteiger partial charge in [-0.15, -0.1) is 0 Å². The van der Waals surface area contributed by atoms with E-state index in [-0.39, 0.29) is 5.91 Å². The number of aryl methyl sites for hydroxylation is 1. The Labute approximate surface area is 111 Å². The largest absolute Gasteiger partial charge is 0.366 e. The van der Waals surface area contributed by atoms with Crippen LogP contribution in [0.2, 0.25) is 0 Å². The van der Waals surface area contributed by atoms with E-state index in [1.54, 1.807) is 30.3 Å². The highest BCUT2D eigenvalue weighted by Crippen LogP contribution is 2.13. The standard InChI is InChI=1S/C15H14N2O2/c1-10-4-2-3-5-13(10)15(19)17-12-8-6-11(7-9-12)14(16)18/h2-9H,1H3,(H2,16,18)(H,17,19). The Bertz CT molecular complexity index is 618. The van der Waals surface area contributed by atoms with Gasteiger partial charge in [-0.05, 0) is 42.8 Å². The molecule has 0 radical (unpaired) electrons.